The molecular formula is C17H19N7O. The van der Waals surface area contributed by atoms with Gasteiger partial charge < -0.3 is 10.6 Å². The zero-order chi connectivity index (χ0) is 17.6. The average Bonchev–Trinajstić information content (AvgIpc) is 3.32. The van der Waals surface area contributed by atoms with Crippen LogP contribution in [0.25, 0.3) is 5.57 Å². The van der Waals surface area contributed by atoms with E-state index in [1.54, 1.807) is 0 Å². The molecule has 1 saturated carbocycles. The molecule has 8 nitrogen and oxygen atoms in total. The maximum Gasteiger partial charge on any atom is 0.227 e. The minimum absolute atomic E-state index is 0.0813. The molecule has 0 radical (unpaired) electrons. The van der Waals surface area contributed by atoms with Gasteiger partial charge in [0.05, 0.1) is 0 Å². The smallest absolute Gasteiger partial charge is 0.227 e. The van der Waals surface area contributed by atoms with Crippen molar-refractivity contribution in [3.8, 4) is 6.07 Å². The van der Waals surface area contributed by atoms with Crippen LogP contribution in [0.15, 0.2) is 24.4 Å². The van der Waals surface area contributed by atoms with E-state index in [0.717, 1.165) is 42.6 Å². The third kappa shape index (κ3) is 3.83. The van der Waals surface area contributed by atoms with Gasteiger partial charge in [-0.3, -0.25) is 4.79 Å². The highest BCUT2D eigenvalue weighted by atomic mass is 16.1. The normalized spacial score (nSPS) is 15.0. The van der Waals surface area contributed by atoms with Crippen molar-refractivity contribution < 1.29 is 4.79 Å². The number of hydrogen-bond acceptors (Lipinski definition) is 6. The molecule has 1 aromatic heterocycles. The van der Waals surface area contributed by atoms with Crippen molar-refractivity contribution in [1.29, 1.82) is 5.26 Å². The molecule has 25 heavy (non-hydrogen) atoms. The van der Waals surface area contributed by atoms with Gasteiger partial charge >= 0.3 is 0 Å². The number of amides is 1. The number of anilines is 2. The molecule has 0 aliphatic heterocycles. The van der Waals surface area contributed by atoms with Gasteiger partial charge in [0, 0.05) is 23.5 Å². The Morgan fingerprint density at radius 1 is 1.36 bits per heavy atom. The molecule has 1 aliphatic carbocycles. The largest absolute Gasteiger partial charge is 0.360 e. The average molecular weight is 337 g/mol. The van der Waals surface area contributed by atoms with E-state index in [2.05, 4.69) is 31.3 Å². The monoisotopic (exact) mass is 337 g/mol. The van der Waals surface area contributed by atoms with Gasteiger partial charge in [-0.15, -0.1) is 10.2 Å². The lowest BCUT2D eigenvalue weighted by molar-refractivity contribution is -0.119. The van der Waals surface area contributed by atoms with Gasteiger partial charge in [-0.2, -0.15) is 10.5 Å². The number of H-pyrrole nitrogens is 1. The molecule has 128 valence electrons. The van der Waals surface area contributed by atoms with Crippen LogP contribution in [0, 0.1) is 24.2 Å². The van der Waals surface area contributed by atoms with E-state index < -0.39 is 0 Å². The lowest BCUT2D eigenvalue weighted by Crippen LogP contribution is -2.20. The molecule has 1 heterocycles. The van der Waals surface area contributed by atoms with Crippen LogP contribution >= 0.6 is 0 Å². The lowest BCUT2D eigenvalue weighted by Gasteiger charge is -2.15. The topological polar surface area (TPSA) is 119 Å². The molecule has 8 heteroatoms. The van der Waals surface area contributed by atoms with E-state index in [-0.39, 0.29) is 23.2 Å². The second-order valence-electron chi connectivity index (χ2n) is 6.00. The minimum atomic E-state index is 0.0813. The number of allylic oxidation sites excluding steroid dienone is 1. The number of nitrogens with one attached hydrogen (secondary N) is 3. The Morgan fingerprint density at radius 3 is 2.80 bits per heavy atom. The van der Waals surface area contributed by atoms with Crippen LogP contribution in [0.2, 0.25) is 0 Å². The first kappa shape index (κ1) is 16.6. The lowest BCUT2D eigenvalue weighted by atomic mass is 10.1. The van der Waals surface area contributed by atoms with Crippen molar-refractivity contribution in [3.63, 3.8) is 0 Å². The first-order chi connectivity index (χ1) is 12.2. The van der Waals surface area contributed by atoms with Crippen molar-refractivity contribution in [2.24, 2.45) is 5.92 Å². The number of nitriles is 1. The van der Waals surface area contributed by atoms with Crippen LogP contribution in [0.4, 0.5) is 11.4 Å². The minimum Gasteiger partial charge on any atom is -0.360 e. The third-order valence-electron chi connectivity index (χ3n) is 4.40. The second kappa shape index (κ2) is 7.57. The van der Waals surface area contributed by atoms with Gasteiger partial charge in [-0.25, -0.2) is 0 Å². The summed E-state index contributed by atoms with van der Waals surface area (Å²) in [7, 11) is 0. The van der Waals surface area contributed by atoms with Crippen molar-refractivity contribution in [2.45, 2.75) is 32.6 Å². The van der Waals surface area contributed by atoms with E-state index in [0.29, 0.717) is 0 Å². The zero-order valence-corrected chi connectivity index (χ0v) is 13.9. The van der Waals surface area contributed by atoms with Crippen LogP contribution < -0.4 is 10.6 Å². The molecular weight excluding hydrogens is 318 g/mol. The van der Waals surface area contributed by atoms with Gasteiger partial charge in [0.2, 0.25) is 11.7 Å². The molecule has 0 saturated heterocycles. The van der Waals surface area contributed by atoms with E-state index >= 15 is 0 Å². The molecule has 0 atom stereocenters. The van der Waals surface area contributed by atoms with Crippen LogP contribution in [0.3, 0.4) is 0 Å². The van der Waals surface area contributed by atoms with Gasteiger partial charge in [-0.1, -0.05) is 18.9 Å². The molecule has 3 N–H and O–H groups in total. The number of nitrogens with zero attached hydrogens (tertiary/aromatic N) is 4. The molecule has 0 unspecified atom stereocenters. The Hall–Kier alpha value is -3.21. The van der Waals surface area contributed by atoms with E-state index in [1.165, 1.54) is 6.20 Å². The van der Waals surface area contributed by atoms with Gasteiger partial charge in [0.1, 0.15) is 11.6 Å². The Bertz CT molecular complexity index is 814. The second-order valence-corrected chi connectivity index (χ2v) is 6.00. The summed E-state index contributed by atoms with van der Waals surface area (Å²) < 4.78 is 0. The summed E-state index contributed by atoms with van der Waals surface area (Å²) in [6.45, 7) is 1.92. The zero-order valence-electron chi connectivity index (χ0n) is 13.9. The Morgan fingerprint density at radius 2 is 2.12 bits per heavy atom. The fourth-order valence-corrected chi connectivity index (χ4v) is 2.92. The fourth-order valence-electron chi connectivity index (χ4n) is 2.92. The summed E-state index contributed by atoms with van der Waals surface area (Å²) >= 11 is 0. The predicted molar refractivity (Wildman–Crippen MR) is 93.2 cm³/mol. The predicted octanol–water partition coefficient (Wildman–Crippen LogP) is 2.61. The summed E-state index contributed by atoms with van der Waals surface area (Å²) in [5.41, 5.74) is 2.72. The first-order valence-corrected chi connectivity index (χ1v) is 8.20. The van der Waals surface area contributed by atoms with Gasteiger partial charge in [0.25, 0.3) is 0 Å². The molecule has 1 fully saturated rings. The number of carbonyl (C=O) groups excluding carboxylic acids is 1. The number of hydrogen-bond donors (Lipinski definition) is 3. The summed E-state index contributed by atoms with van der Waals surface area (Å²) in [6, 6.07) is 7.63. The Balaban J connectivity index is 1.74. The van der Waals surface area contributed by atoms with Crippen LogP contribution in [0.5, 0.6) is 0 Å². The summed E-state index contributed by atoms with van der Waals surface area (Å²) in [6.07, 6.45) is 5.69. The molecule has 1 aliphatic rings. The SMILES string of the molecule is Cc1c(NC=C(C#N)c2nn[nH]n2)cccc1NC(=O)C1CCCC1. The third-order valence-corrected chi connectivity index (χ3v) is 4.40. The quantitative estimate of drug-likeness (QED) is 0.721. The van der Waals surface area contributed by atoms with Gasteiger partial charge in [-0.05, 0) is 42.7 Å². The van der Waals surface area contributed by atoms with E-state index in [4.69, 9.17) is 0 Å². The number of aromatic amines is 1. The highest BCUT2D eigenvalue weighted by molar-refractivity contribution is 5.94. The van der Waals surface area contributed by atoms with Crippen molar-refractivity contribution >= 4 is 22.9 Å². The van der Waals surface area contributed by atoms with E-state index in [9.17, 15) is 10.1 Å². The molecule has 3 rings (SSSR count). The summed E-state index contributed by atoms with van der Waals surface area (Å²) in [5.74, 6) is 0.412. The highest BCUT2D eigenvalue weighted by Crippen LogP contribution is 2.28. The fraction of sp³-hybridized carbons (Fsp3) is 0.353. The highest BCUT2D eigenvalue weighted by Gasteiger charge is 2.23. The number of tetrazole rings is 1. The Labute approximate surface area is 145 Å². The van der Waals surface area contributed by atoms with Crippen molar-refractivity contribution in [2.75, 3.05) is 10.6 Å². The van der Waals surface area contributed by atoms with E-state index in [1.807, 2.05) is 31.2 Å². The molecule has 1 amide bonds. The molecule has 0 spiro atoms. The number of rotatable bonds is 5. The van der Waals surface area contributed by atoms with Crippen LogP contribution in [0.1, 0.15) is 37.1 Å². The first-order valence-electron chi connectivity index (χ1n) is 8.20. The molecule has 0 bridgehead atoms. The van der Waals surface area contributed by atoms with Crippen LogP contribution in [-0.2, 0) is 4.79 Å². The standard InChI is InChI=1S/C17H19N7O/c1-11-14(19-10-13(9-18)16-21-23-24-22-16)7-4-8-15(11)20-17(25)12-5-2-3-6-12/h4,7-8,10,12,19H,2-3,5-6H2,1H3,(H,20,25)(H,21,22,23,24). The number of aromatic nitrogens is 4. The summed E-state index contributed by atoms with van der Waals surface area (Å²) in [5, 5.41) is 28.6. The van der Waals surface area contributed by atoms with Gasteiger partial charge in [0.15, 0.2) is 0 Å². The number of carbonyl (C=O) groups is 1. The Kier molecular flexibility index (Phi) is 5.04. The van der Waals surface area contributed by atoms with Crippen LogP contribution in [-0.4, -0.2) is 26.5 Å². The van der Waals surface area contributed by atoms with Crippen molar-refractivity contribution in [1.82, 2.24) is 20.6 Å². The molecule has 1 aromatic carbocycles. The molecule has 2 aromatic rings. The summed E-state index contributed by atoms with van der Waals surface area (Å²) in [4.78, 5) is 12.3. The maximum absolute atomic E-state index is 12.3. The van der Waals surface area contributed by atoms with Crippen molar-refractivity contribution in [3.05, 3.63) is 35.8 Å². The number of benzene rings is 1. The maximum atomic E-state index is 12.3.